The van der Waals surface area contributed by atoms with Crippen molar-refractivity contribution < 1.29 is 13.9 Å². The summed E-state index contributed by atoms with van der Waals surface area (Å²) in [5, 5.41) is 0.357. The van der Waals surface area contributed by atoms with Crippen molar-refractivity contribution in [1.82, 2.24) is 14.5 Å². The van der Waals surface area contributed by atoms with Crippen LogP contribution in [0.4, 0.5) is 4.39 Å². The highest BCUT2D eigenvalue weighted by atomic mass is 35.5. The van der Waals surface area contributed by atoms with Gasteiger partial charge in [-0.1, -0.05) is 17.7 Å². The van der Waals surface area contributed by atoms with Crippen LogP contribution in [0.2, 0.25) is 5.15 Å². The molecule has 2 aromatic heterocycles. The summed E-state index contributed by atoms with van der Waals surface area (Å²) >= 11 is 6.02. The molecule has 1 aliphatic carbocycles. The molecule has 2 aliphatic rings. The molecule has 0 bridgehead atoms. The fourth-order valence-corrected chi connectivity index (χ4v) is 3.97. The molecule has 4 rings (SSSR count). The lowest BCUT2D eigenvalue weighted by Gasteiger charge is -2.23. The largest absolute Gasteiger partial charge is 0.344 e. The molecule has 0 radical (unpaired) electrons. The summed E-state index contributed by atoms with van der Waals surface area (Å²) < 4.78 is 28.2. The molecular formula is C16H17ClFN3O2. The summed E-state index contributed by atoms with van der Waals surface area (Å²) in [6.07, 6.45) is 5.12. The Morgan fingerprint density at radius 2 is 2.13 bits per heavy atom. The van der Waals surface area contributed by atoms with Gasteiger partial charge in [0.15, 0.2) is 11.6 Å². The molecule has 0 N–H and O–H groups in total. The second-order valence-corrected chi connectivity index (χ2v) is 6.87. The molecule has 23 heavy (non-hydrogen) atoms. The minimum Gasteiger partial charge on any atom is -0.344 e. The maximum absolute atomic E-state index is 14.3. The van der Waals surface area contributed by atoms with Gasteiger partial charge in [-0.3, -0.25) is 0 Å². The van der Waals surface area contributed by atoms with E-state index in [4.69, 9.17) is 21.1 Å². The molecule has 5 nitrogen and oxygen atoms in total. The highest BCUT2D eigenvalue weighted by Crippen LogP contribution is 2.48. The molecule has 122 valence electrons. The summed E-state index contributed by atoms with van der Waals surface area (Å²) in [7, 11) is 0. The van der Waals surface area contributed by atoms with Crippen LogP contribution in [-0.4, -0.2) is 32.5 Å². The van der Waals surface area contributed by atoms with Gasteiger partial charge in [0.25, 0.3) is 0 Å². The minimum atomic E-state index is -0.663. The maximum Gasteiger partial charge on any atom is 0.163 e. The number of hydrogen-bond donors (Lipinski definition) is 0. The zero-order chi connectivity index (χ0) is 16.4. The smallest absolute Gasteiger partial charge is 0.163 e. The van der Waals surface area contributed by atoms with Gasteiger partial charge in [-0.15, -0.1) is 6.58 Å². The van der Waals surface area contributed by atoms with Gasteiger partial charge in [0, 0.05) is 12.1 Å². The van der Waals surface area contributed by atoms with E-state index in [1.165, 1.54) is 12.5 Å². The number of halogens is 2. The van der Waals surface area contributed by atoms with Crippen LogP contribution < -0.4 is 0 Å². The van der Waals surface area contributed by atoms with E-state index in [0.29, 0.717) is 5.65 Å². The summed E-state index contributed by atoms with van der Waals surface area (Å²) in [6, 6.07) is -0.0947. The van der Waals surface area contributed by atoms with Crippen molar-refractivity contribution in [3.63, 3.8) is 0 Å². The van der Waals surface area contributed by atoms with Crippen molar-refractivity contribution in [1.29, 1.82) is 0 Å². The standard InChI is InChI=1S/C16H17ClFN3O2/c1-4-8-5-10(13-12(8)22-16(2,3)23-13)21-6-9(18)11-14(17)19-7-20-15(11)21/h4,6-8,10,12-13H,1,5H2,2-3H3/t8-,10?,12+,13-/m0/s1. The highest BCUT2D eigenvalue weighted by molar-refractivity contribution is 6.34. The van der Waals surface area contributed by atoms with Crippen LogP contribution >= 0.6 is 11.6 Å². The van der Waals surface area contributed by atoms with Crippen LogP contribution in [0.3, 0.4) is 0 Å². The van der Waals surface area contributed by atoms with Gasteiger partial charge in [-0.05, 0) is 20.3 Å². The quantitative estimate of drug-likeness (QED) is 0.621. The molecule has 1 saturated carbocycles. The Bertz CT molecular complexity index is 791. The second-order valence-electron chi connectivity index (χ2n) is 6.51. The average Bonchev–Trinajstić information content (AvgIpc) is 3.08. The number of hydrogen-bond acceptors (Lipinski definition) is 4. The SMILES string of the molecule is C=C[C@H]1CC(n2cc(F)c3c(Cl)ncnc32)[C@@H]2OC(C)(C)O[C@H]12. The zero-order valence-electron chi connectivity index (χ0n) is 12.9. The molecule has 1 aliphatic heterocycles. The molecule has 0 spiro atoms. The first-order chi connectivity index (χ1) is 10.9. The van der Waals surface area contributed by atoms with Gasteiger partial charge in [-0.25, -0.2) is 14.4 Å². The van der Waals surface area contributed by atoms with E-state index < -0.39 is 11.6 Å². The third-order valence-electron chi connectivity index (χ3n) is 4.66. The Morgan fingerprint density at radius 3 is 2.87 bits per heavy atom. The van der Waals surface area contributed by atoms with Crippen molar-refractivity contribution in [3.8, 4) is 0 Å². The van der Waals surface area contributed by atoms with Crippen LogP contribution in [-0.2, 0) is 9.47 Å². The van der Waals surface area contributed by atoms with Gasteiger partial charge in [-0.2, -0.15) is 0 Å². The summed E-state index contributed by atoms with van der Waals surface area (Å²) in [5.41, 5.74) is 0.476. The topological polar surface area (TPSA) is 49.2 Å². The van der Waals surface area contributed by atoms with Gasteiger partial charge < -0.3 is 14.0 Å². The van der Waals surface area contributed by atoms with E-state index >= 15 is 0 Å². The van der Waals surface area contributed by atoms with Crippen molar-refractivity contribution in [2.75, 3.05) is 0 Å². The van der Waals surface area contributed by atoms with Gasteiger partial charge in [0.05, 0.1) is 17.5 Å². The molecule has 7 heteroatoms. The number of nitrogens with zero attached hydrogens (tertiary/aromatic N) is 3. The summed E-state index contributed by atoms with van der Waals surface area (Å²) in [5.74, 6) is -0.949. The maximum atomic E-state index is 14.3. The molecule has 4 atom stereocenters. The lowest BCUT2D eigenvalue weighted by molar-refractivity contribution is -0.158. The fourth-order valence-electron chi connectivity index (χ4n) is 3.75. The number of ether oxygens (including phenoxy) is 2. The van der Waals surface area contributed by atoms with Crippen LogP contribution in [0.25, 0.3) is 11.0 Å². The van der Waals surface area contributed by atoms with Crippen LogP contribution in [0.15, 0.2) is 25.2 Å². The van der Waals surface area contributed by atoms with E-state index in [9.17, 15) is 4.39 Å². The van der Waals surface area contributed by atoms with Crippen LogP contribution in [0.1, 0.15) is 26.3 Å². The van der Waals surface area contributed by atoms with Crippen LogP contribution in [0.5, 0.6) is 0 Å². The van der Waals surface area contributed by atoms with Gasteiger partial charge in [0.2, 0.25) is 0 Å². The highest BCUT2D eigenvalue weighted by Gasteiger charge is 2.54. The van der Waals surface area contributed by atoms with Crippen molar-refractivity contribution in [3.05, 3.63) is 36.1 Å². The lowest BCUT2D eigenvalue weighted by atomic mass is 10.1. The zero-order valence-corrected chi connectivity index (χ0v) is 13.6. The van der Waals surface area contributed by atoms with E-state index in [1.54, 1.807) is 4.57 Å². The predicted molar refractivity (Wildman–Crippen MR) is 83.7 cm³/mol. The third-order valence-corrected chi connectivity index (χ3v) is 4.94. The Hall–Kier alpha value is -1.50. The molecular weight excluding hydrogens is 321 g/mol. The first-order valence-corrected chi connectivity index (χ1v) is 7.94. The average molecular weight is 338 g/mol. The molecule has 3 heterocycles. The molecule has 2 aromatic rings. The number of aromatic nitrogens is 3. The molecule has 2 fully saturated rings. The normalized spacial score (nSPS) is 32.3. The Balaban J connectivity index is 1.82. The second kappa shape index (κ2) is 5.00. The van der Waals surface area contributed by atoms with Crippen LogP contribution in [0, 0.1) is 11.7 Å². The Kier molecular flexibility index (Phi) is 3.27. The van der Waals surface area contributed by atoms with E-state index in [2.05, 4.69) is 16.5 Å². The van der Waals surface area contributed by atoms with E-state index in [-0.39, 0.29) is 34.7 Å². The fraction of sp³-hybridized carbons (Fsp3) is 0.500. The van der Waals surface area contributed by atoms with E-state index in [0.717, 1.165) is 6.42 Å². The lowest BCUT2D eigenvalue weighted by Crippen LogP contribution is -2.27. The molecule has 0 aromatic carbocycles. The Labute approximate surface area is 138 Å². The first kappa shape index (κ1) is 15.1. The molecule has 0 amide bonds. The predicted octanol–water partition coefficient (Wildman–Crippen LogP) is 3.49. The molecule has 1 saturated heterocycles. The first-order valence-electron chi connectivity index (χ1n) is 7.56. The number of rotatable bonds is 2. The summed E-state index contributed by atoms with van der Waals surface area (Å²) in [6.45, 7) is 7.66. The van der Waals surface area contributed by atoms with Gasteiger partial charge >= 0.3 is 0 Å². The van der Waals surface area contributed by atoms with E-state index in [1.807, 2.05) is 19.9 Å². The Morgan fingerprint density at radius 1 is 1.39 bits per heavy atom. The van der Waals surface area contributed by atoms with Crippen molar-refractivity contribution in [2.45, 2.75) is 44.3 Å². The number of fused-ring (bicyclic) bond motifs is 2. The van der Waals surface area contributed by atoms with Gasteiger partial charge in [0.1, 0.15) is 23.2 Å². The third kappa shape index (κ3) is 2.20. The van der Waals surface area contributed by atoms with Crippen molar-refractivity contribution >= 4 is 22.6 Å². The summed E-state index contributed by atoms with van der Waals surface area (Å²) in [4.78, 5) is 8.07. The van der Waals surface area contributed by atoms with Crippen molar-refractivity contribution in [2.24, 2.45) is 5.92 Å². The minimum absolute atomic E-state index is 0.0923. The molecule has 1 unspecified atom stereocenters. The monoisotopic (exact) mass is 337 g/mol.